The molecule has 0 unspecified atom stereocenters. The topological polar surface area (TPSA) is 18.5 Å². The van der Waals surface area contributed by atoms with Gasteiger partial charge in [0.2, 0.25) is 0 Å². The predicted molar refractivity (Wildman–Crippen MR) is 109 cm³/mol. The number of rotatable bonds is 2. The van der Waals surface area contributed by atoms with Crippen LogP contribution in [0.4, 0.5) is 0 Å². The molecule has 3 aliphatic carbocycles. The van der Waals surface area contributed by atoms with Crippen LogP contribution in [0.5, 0.6) is 11.5 Å². The highest BCUT2D eigenvalue weighted by molar-refractivity contribution is 5.66. The van der Waals surface area contributed by atoms with E-state index in [1.54, 1.807) is 11.1 Å². The summed E-state index contributed by atoms with van der Waals surface area (Å²) in [6.07, 6.45) is 7.69. The van der Waals surface area contributed by atoms with Crippen molar-refractivity contribution in [3.63, 3.8) is 0 Å². The molecule has 5 rings (SSSR count). The van der Waals surface area contributed by atoms with Crippen molar-refractivity contribution in [3.8, 4) is 11.5 Å². The van der Waals surface area contributed by atoms with Gasteiger partial charge in [-0.2, -0.15) is 0 Å². The maximum absolute atomic E-state index is 5.98. The molecule has 1 saturated carbocycles. The second-order valence-electron chi connectivity index (χ2n) is 8.83. The Kier molecular flexibility index (Phi) is 3.83. The van der Waals surface area contributed by atoms with Crippen LogP contribution < -0.4 is 9.47 Å². The van der Waals surface area contributed by atoms with E-state index >= 15 is 0 Å². The molecular formula is C25H30O2. The molecule has 0 saturated heterocycles. The second kappa shape index (κ2) is 6.02. The van der Waals surface area contributed by atoms with Crippen molar-refractivity contribution >= 4 is 0 Å². The minimum absolute atomic E-state index is 0.0654. The molecule has 1 spiro atoms. The molecule has 3 aliphatic rings. The number of fused-ring (bicyclic) bond motifs is 2. The lowest BCUT2D eigenvalue weighted by molar-refractivity contribution is 0.244. The molecule has 142 valence electrons. The molecule has 27 heavy (non-hydrogen) atoms. The third-order valence-corrected chi connectivity index (χ3v) is 7.83. The number of hydrogen-bond donors (Lipinski definition) is 0. The van der Waals surface area contributed by atoms with Gasteiger partial charge in [0.15, 0.2) is 0 Å². The summed E-state index contributed by atoms with van der Waals surface area (Å²) < 4.78 is 12.0. The van der Waals surface area contributed by atoms with Gasteiger partial charge in [-0.1, -0.05) is 25.0 Å². The normalized spacial score (nSPS) is 28.0. The minimum atomic E-state index is 0.0654. The standard InChI is InChI=1S/C25H30O2/c1-15-9-11-21(26-3)23-19(15)13-17-7-5-6-8-18-14-20-16(2)10-12-22(27-4)24(20)25(17,18)23/h9-12,17-18H,5-8,13-14H2,1-4H3/t17-,18-,25?/m0/s1. The van der Waals surface area contributed by atoms with Crippen molar-refractivity contribution in [2.24, 2.45) is 11.8 Å². The van der Waals surface area contributed by atoms with E-state index in [-0.39, 0.29) is 5.41 Å². The molecule has 0 amide bonds. The van der Waals surface area contributed by atoms with Crippen LogP contribution in [0, 0.1) is 25.7 Å². The van der Waals surface area contributed by atoms with E-state index in [9.17, 15) is 0 Å². The van der Waals surface area contributed by atoms with Crippen LogP contribution in [0.2, 0.25) is 0 Å². The molecule has 2 atom stereocenters. The van der Waals surface area contributed by atoms with Crippen molar-refractivity contribution in [3.05, 3.63) is 57.6 Å². The van der Waals surface area contributed by atoms with Gasteiger partial charge >= 0.3 is 0 Å². The Morgan fingerprint density at radius 3 is 1.59 bits per heavy atom. The van der Waals surface area contributed by atoms with Gasteiger partial charge < -0.3 is 9.47 Å². The fraction of sp³-hybridized carbons (Fsp3) is 0.520. The largest absolute Gasteiger partial charge is 0.496 e. The summed E-state index contributed by atoms with van der Waals surface area (Å²) in [6.45, 7) is 4.55. The average Bonchev–Trinajstić information content (AvgIpc) is 3.14. The molecule has 2 nitrogen and oxygen atoms in total. The number of methoxy groups -OCH3 is 2. The maximum atomic E-state index is 5.98. The molecule has 0 aromatic heterocycles. The van der Waals surface area contributed by atoms with Gasteiger partial charge in [0.25, 0.3) is 0 Å². The Bertz CT molecular complexity index is 836. The number of benzene rings is 2. The molecule has 0 N–H and O–H groups in total. The van der Waals surface area contributed by atoms with Gasteiger partial charge in [-0.05, 0) is 85.8 Å². The van der Waals surface area contributed by atoms with E-state index in [1.807, 2.05) is 14.2 Å². The first-order chi connectivity index (χ1) is 13.1. The van der Waals surface area contributed by atoms with E-state index in [0.717, 1.165) is 11.5 Å². The monoisotopic (exact) mass is 362 g/mol. The molecule has 0 radical (unpaired) electrons. The maximum Gasteiger partial charge on any atom is 0.123 e. The van der Waals surface area contributed by atoms with Crippen LogP contribution >= 0.6 is 0 Å². The van der Waals surface area contributed by atoms with E-state index in [1.165, 1.54) is 60.8 Å². The zero-order valence-electron chi connectivity index (χ0n) is 17.0. The van der Waals surface area contributed by atoms with Crippen LogP contribution in [-0.4, -0.2) is 14.2 Å². The Hall–Kier alpha value is -1.96. The van der Waals surface area contributed by atoms with Crippen LogP contribution in [-0.2, 0) is 18.3 Å². The van der Waals surface area contributed by atoms with Crippen molar-refractivity contribution in [2.45, 2.75) is 57.8 Å². The molecule has 0 bridgehead atoms. The van der Waals surface area contributed by atoms with Gasteiger partial charge in [0.1, 0.15) is 11.5 Å². The summed E-state index contributed by atoms with van der Waals surface area (Å²) in [6, 6.07) is 8.90. The summed E-state index contributed by atoms with van der Waals surface area (Å²) in [4.78, 5) is 0. The van der Waals surface area contributed by atoms with Crippen molar-refractivity contribution in [1.29, 1.82) is 0 Å². The predicted octanol–water partition coefficient (Wildman–Crippen LogP) is 5.53. The molecule has 2 aromatic rings. The zero-order valence-corrected chi connectivity index (χ0v) is 17.0. The fourth-order valence-electron chi connectivity index (χ4n) is 6.76. The quantitative estimate of drug-likeness (QED) is 0.700. The smallest absolute Gasteiger partial charge is 0.123 e. The lowest BCUT2D eigenvalue weighted by atomic mass is 9.64. The Morgan fingerprint density at radius 1 is 0.741 bits per heavy atom. The molecule has 2 aromatic carbocycles. The Morgan fingerprint density at radius 2 is 1.19 bits per heavy atom. The van der Waals surface area contributed by atoms with Gasteiger partial charge in [-0.25, -0.2) is 0 Å². The summed E-state index contributed by atoms with van der Waals surface area (Å²) in [5, 5.41) is 0. The number of ether oxygens (including phenoxy) is 2. The lowest BCUT2D eigenvalue weighted by Gasteiger charge is -2.39. The van der Waals surface area contributed by atoms with Gasteiger partial charge in [0, 0.05) is 16.5 Å². The molecule has 1 fully saturated rings. The molecular weight excluding hydrogens is 332 g/mol. The molecule has 2 heteroatoms. The summed E-state index contributed by atoms with van der Waals surface area (Å²) in [5.74, 6) is 3.49. The minimum Gasteiger partial charge on any atom is -0.496 e. The van der Waals surface area contributed by atoms with Crippen LogP contribution in [0.15, 0.2) is 24.3 Å². The first-order valence-electron chi connectivity index (χ1n) is 10.5. The third kappa shape index (κ3) is 2.07. The highest BCUT2D eigenvalue weighted by Gasteiger charge is 2.60. The number of aryl methyl sites for hydroxylation is 2. The van der Waals surface area contributed by atoms with Crippen LogP contribution in [0.25, 0.3) is 0 Å². The number of hydrogen-bond acceptors (Lipinski definition) is 2. The van der Waals surface area contributed by atoms with E-state index in [4.69, 9.17) is 9.47 Å². The van der Waals surface area contributed by atoms with Crippen LogP contribution in [0.1, 0.15) is 59.1 Å². The van der Waals surface area contributed by atoms with Crippen molar-refractivity contribution < 1.29 is 9.47 Å². The Labute approximate surface area is 162 Å². The van der Waals surface area contributed by atoms with Crippen molar-refractivity contribution in [1.82, 2.24) is 0 Å². The Balaban J connectivity index is 1.91. The van der Waals surface area contributed by atoms with E-state index in [0.29, 0.717) is 11.8 Å². The van der Waals surface area contributed by atoms with E-state index < -0.39 is 0 Å². The molecule has 0 heterocycles. The second-order valence-corrected chi connectivity index (χ2v) is 8.83. The highest BCUT2D eigenvalue weighted by atomic mass is 16.5. The highest BCUT2D eigenvalue weighted by Crippen LogP contribution is 2.66. The van der Waals surface area contributed by atoms with Crippen molar-refractivity contribution in [2.75, 3.05) is 14.2 Å². The summed E-state index contributed by atoms with van der Waals surface area (Å²) >= 11 is 0. The van der Waals surface area contributed by atoms with E-state index in [2.05, 4.69) is 38.1 Å². The van der Waals surface area contributed by atoms with Gasteiger partial charge in [0.05, 0.1) is 14.2 Å². The summed E-state index contributed by atoms with van der Waals surface area (Å²) in [7, 11) is 3.67. The zero-order chi connectivity index (χ0) is 18.8. The SMILES string of the molecule is COc1ccc(C)c2c1C13c4c(OC)ccc(C)c4C[C@@H]1CCCC[C@H]3C2. The van der Waals surface area contributed by atoms with Gasteiger partial charge in [-0.3, -0.25) is 0 Å². The summed E-state index contributed by atoms with van der Waals surface area (Å²) in [5.41, 5.74) is 8.98. The molecule has 0 aliphatic heterocycles. The van der Waals surface area contributed by atoms with Crippen LogP contribution in [0.3, 0.4) is 0 Å². The third-order valence-electron chi connectivity index (χ3n) is 7.83. The average molecular weight is 363 g/mol. The lowest BCUT2D eigenvalue weighted by Crippen LogP contribution is -2.37. The first kappa shape index (κ1) is 17.2. The fourth-order valence-corrected chi connectivity index (χ4v) is 6.76. The first-order valence-corrected chi connectivity index (χ1v) is 10.5. The van der Waals surface area contributed by atoms with Gasteiger partial charge in [-0.15, -0.1) is 0 Å².